The van der Waals surface area contributed by atoms with Crippen molar-refractivity contribution in [3.05, 3.63) is 24.0 Å². The smallest absolute Gasteiger partial charge is 0.339 e. The monoisotopic (exact) mass is 249 g/mol. The van der Waals surface area contributed by atoms with E-state index in [1.165, 1.54) is 6.20 Å². The van der Waals surface area contributed by atoms with Crippen LogP contribution in [0.25, 0.3) is 0 Å². The summed E-state index contributed by atoms with van der Waals surface area (Å²) in [6.45, 7) is 3.94. The predicted molar refractivity (Wildman–Crippen MR) is 70.0 cm³/mol. The molecule has 18 heavy (non-hydrogen) atoms. The van der Waals surface area contributed by atoms with Crippen LogP contribution in [0, 0.1) is 5.92 Å². The lowest BCUT2D eigenvalue weighted by Gasteiger charge is -2.23. The third-order valence-corrected chi connectivity index (χ3v) is 3.61. The summed E-state index contributed by atoms with van der Waals surface area (Å²) >= 11 is 0. The maximum atomic E-state index is 11.2. The Hall–Kier alpha value is -1.62. The number of hydrogen-bond acceptors (Lipinski definition) is 4. The normalized spacial score (nSPS) is 23.7. The summed E-state index contributed by atoms with van der Waals surface area (Å²) in [6.07, 6.45) is 3.07. The van der Waals surface area contributed by atoms with Gasteiger partial charge in [0.15, 0.2) is 0 Å². The zero-order valence-corrected chi connectivity index (χ0v) is 11.0. The Morgan fingerprint density at radius 2 is 2.22 bits per heavy atom. The first-order valence-electron chi connectivity index (χ1n) is 6.09. The number of hydrogen-bond donors (Lipinski definition) is 1. The zero-order chi connectivity index (χ0) is 13.3. The molecule has 0 radical (unpaired) electrons. The fourth-order valence-electron chi connectivity index (χ4n) is 2.65. The number of carbonyl (C=O) groups is 1. The summed E-state index contributed by atoms with van der Waals surface area (Å²) in [4.78, 5) is 19.4. The molecule has 2 unspecified atom stereocenters. The number of anilines is 1. The van der Waals surface area contributed by atoms with Gasteiger partial charge < -0.3 is 14.9 Å². The Morgan fingerprint density at radius 1 is 1.50 bits per heavy atom. The summed E-state index contributed by atoms with van der Waals surface area (Å²) in [6, 6.07) is 2.24. The topological polar surface area (TPSA) is 56.7 Å². The molecule has 0 aliphatic carbocycles. The van der Waals surface area contributed by atoms with Gasteiger partial charge in [-0.1, -0.05) is 6.92 Å². The number of carboxylic acids is 1. The summed E-state index contributed by atoms with van der Waals surface area (Å²) in [5, 5.41) is 9.19. The van der Waals surface area contributed by atoms with Gasteiger partial charge in [0, 0.05) is 31.5 Å². The average molecular weight is 249 g/mol. The summed E-state index contributed by atoms with van der Waals surface area (Å²) in [5.41, 5.74) is 1.05. The van der Waals surface area contributed by atoms with Crippen LogP contribution < -0.4 is 4.90 Å². The van der Waals surface area contributed by atoms with Crippen LogP contribution in [-0.2, 0) is 0 Å². The molecule has 98 valence electrons. The van der Waals surface area contributed by atoms with E-state index in [2.05, 4.69) is 35.8 Å². The van der Waals surface area contributed by atoms with E-state index in [-0.39, 0.29) is 5.56 Å². The fourth-order valence-corrected chi connectivity index (χ4v) is 2.65. The quantitative estimate of drug-likeness (QED) is 0.871. The van der Waals surface area contributed by atoms with Crippen LogP contribution >= 0.6 is 0 Å². The minimum Gasteiger partial charge on any atom is -0.478 e. The van der Waals surface area contributed by atoms with Crippen molar-refractivity contribution in [3.8, 4) is 0 Å². The number of likely N-dealkylation sites (N-methyl/N-ethyl adjacent to an activating group) is 1. The lowest BCUT2D eigenvalue weighted by atomic mass is 10.1. The van der Waals surface area contributed by atoms with Gasteiger partial charge in [-0.25, -0.2) is 4.79 Å². The first kappa shape index (κ1) is 12.8. The minimum atomic E-state index is -0.918. The first-order valence-corrected chi connectivity index (χ1v) is 6.09. The molecule has 1 aromatic heterocycles. The molecule has 1 fully saturated rings. The van der Waals surface area contributed by atoms with Crippen LogP contribution in [0.1, 0.15) is 17.3 Å². The van der Waals surface area contributed by atoms with Crippen LogP contribution in [0.2, 0.25) is 0 Å². The van der Waals surface area contributed by atoms with Crippen molar-refractivity contribution in [1.29, 1.82) is 0 Å². The van der Waals surface area contributed by atoms with Gasteiger partial charge in [0.1, 0.15) is 5.56 Å². The molecule has 0 amide bonds. The molecule has 5 nitrogen and oxygen atoms in total. The largest absolute Gasteiger partial charge is 0.478 e. The van der Waals surface area contributed by atoms with Crippen LogP contribution in [-0.4, -0.2) is 54.2 Å². The van der Waals surface area contributed by atoms with E-state index in [0.29, 0.717) is 12.0 Å². The molecule has 1 N–H and O–H groups in total. The van der Waals surface area contributed by atoms with Crippen molar-refractivity contribution in [3.63, 3.8) is 0 Å². The van der Waals surface area contributed by atoms with Gasteiger partial charge in [0.05, 0.1) is 5.69 Å². The molecule has 1 saturated heterocycles. The molecule has 2 atom stereocenters. The molecule has 1 aliphatic rings. The number of aromatic nitrogens is 1. The van der Waals surface area contributed by atoms with E-state index in [1.807, 2.05) is 0 Å². The van der Waals surface area contributed by atoms with Crippen molar-refractivity contribution >= 4 is 11.7 Å². The highest BCUT2D eigenvalue weighted by atomic mass is 16.4. The molecule has 2 rings (SSSR count). The maximum absolute atomic E-state index is 11.2. The lowest BCUT2D eigenvalue weighted by Crippen LogP contribution is -2.34. The molecule has 2 heterocycles. The number of nitrogens with zero attached hydrogens (tertiary/aromatic N) is 3. The van der Waals surface area contributed by atoms with Gasteiger partial charge in [0.2, 0.25) is 0 Å². The Kier molecular flexibility index (Phi) is 3.52. The second-order valence-electron chi connectivity index (χ2n) is 5.11. The van der Waals surface area contributed by atoms with Crippen LogP contribution in [0.5, 0.6) is 0 Å². The van der Waals surface area contributed by atoms with Gasteiger partial charge in [-0.2, -0.15) is 0 Å². The molecule has 5 heteroatoms. The van der Waals surface area contributed by atoms with E-state index in [4.69, 9.17) is 0 Å². The maximum Gasteiger partial charge on any atom is 0.339 e. The number of carboxylic acid groups (broad SMARTS) is 1. The SMILES string of the molecule is CC1CN(c2ccncc2C(=O)O)CC1N(C)C. The van der Waals surface area contributed by atoms with Gasteiger partial charge in [-0.15, -0.1) is 0 Å². The average Bonchev–Trinajstić information content (AvgIpc) is 2.71. The number of aromatic carboxylic acids is 1. The Morgan fingerprint density at radius 3 is 2.78 bits per heavy atom. The van der Waals surface area contributed by atoms with Gasteiger partial charge in [-0.05, 0) is 26.1 Å². The van der Waals surface area contributed by atoms with E-state index in [0.717, 1.165) is 18.8 Å². The minimum absolute atomic E-state index is 0.282. The van der Waals surface area contributed by atoms with E-state index in [9.17, 15) is 9.90 Å². The molecular weight excluding hydrogens is 230 g/mol. The standard InChI is InChI=1S/C13H19N3O2/c1-9-7-16(8-12(9)15(2)3)11-4-5-14-6-10(11)13(17)18/h4-6,9,12H,7-8H2,1-3H3,(H,17,18). The van der Waals surface area contributed by atoms with E-state index >= 15 is 0 Å². The molecule has 1 aliphatic heterocycles. The Labute approximate surface area is 107 Å². The number of rotatable bonds is 3. The van der Waals surface area contributed by atoms with Gasteiger partial charge in [-0.3, -0.25) is 4.98 Å². The Bertz CT molecular complexity index is 448. The summed E-state index contributed by atoms with van der Waals surface area (Å²) in [5.74, 6) is -0.395. The fraction of sp³-hybridized carbons (Fsp3) is 0.538. The van der Waals surface area contributed by atoms with Crippen molar-refractivity contribution in [2.75, 3.05) is 32.1 Å². The van der Waals surface area contributed by atoms with Crippen LogP contribution in [0.4, 0.5) is 5.69 Å². The highest BCUT2D eigenvalue weighted by Crippen LogP contribution is 2.28. The van der Waals surface area contributed by atoms with Crippen molar-refractivity contribution in [2.24, 2.45) is 5.92 Å². The van der Waals surface area contributed by atoms with E-state index in [1.54, 1.807) is 12.3 Å². The second kappa shape index (κ2) is 4.94. The highest BCUT2D eigenvalue weighted by molar-refractivity contribution is 5.94. The predicted octanol–water partition coefficient (Wildman–Crippen LogP) is 1.17. The molecule has 0 bridgehead atoms. The van der Waals surface area contributed by atoms with Crippen LogP contribution in [0.3, 0.4) is 0 Å². The molecule has 0 saturated carbocycles. The molecule has 0 spiro atoms. The first-order chi connectivity index (χ1) is 8.50. The van der Waals surface area contributed by atoms with Crippen molar-refractivity contribution in [2.45, 2.75) is 13.0 Å². The zero-order valence-electron chi connectivity index (χ0n) is 11.0. The molecule has 1 aromatic rings. The van der Waals surface area contributed by atoms with Crippen LogP contribution in [0.15, 0.2) is 18.5 Å². The Balaban J connectivity index is 2.26. The van der Waals surface area contributed by atoms with Crippen molar-refractivity contribution in [1.82, 2.24) is 9.88 Å². The van der Waals surface area contributed by atoms with E-state index < -0.39 is 5.97 Å². The third kappa shape index (κ3) is 2.31. The summed E-state index contributed by atoms with van der Waals surface area (Å²) < 4.78 is 0. The van der Waals surface area contributed by atoms with Gasteiger partial charge >= 0.3 is 5.97 Å². The molecular formula is C13H19N3O2. The number of pyridine rings is 1. The second-order valence-corrected chi connectivity index (χ2v) is 5.11. The lowest BCUT2D eigenvalue weighted by molar-refractivity contribution is 0.0697. The van der Waals surface area contributed by atoms with Gasteiger partial charge in [0.25, 0.3) is 0 Å². The third-order valence-electron chi connectivity index (χ3n) is 3.61. The molecule has 0 aromatic carbocycles. The van der Waals surface area contributed by atoms with Crippen molar-refractivity contribution < 1.29 is 9.90 Å². The highest BCUT2D eigenvalue weighted by Gasteiger charge is 2.32. The summed E-state index contributed by atoms with van der Waals surface area (Å²) in [7, 11) is 4.13.